The van der Waals surface area contributed by atoms with Gasteiger partial charge in [0.05, 0.1) is 11.6 Å². The van der Waals surface area contributed by atoms with Gasteiger partial charge >= 0.3 is 0 Å². The average molecular weight is 311 g/mol. The summed E-state index contributed by atoms with van der Waals surface area (Å²) >= 11 is 0. The first-order valence-electron chi connectivity index (χ1n) is 8.00. The molecule has 0 amide bonds. The van der Waals surface area contributed by atoms with Gasteiger partial charge in [-0.3, -0.25) is 0 Å². The van der Waals surface area contributed by atoms with E-state index in [1.807, 2.05) is 47.1 Å². The van der Waals surface area contributed by atoms with Crippen molar-refractivity contribution < 1.29 is 0 Å². The van der Waals surface area contributed by atoms with E-state index in [1.54, 1.807) is 0 Å². The average Bonchev–Trinajstić information content (AvgIpc) is 3.08. The Balaban J connectivity index is 1.80. The largest absolute Gasteiger partial charge is 0.233 e. The minimum atomic E-state index is -0.00111. The molecular weight excluding hydrogens is 294 g/mol. The molecule has 1 aromatic heterocycles. The number of fused-ring (bicyclic) bond motifs is 1. The van der Waals surface area contributed by atoms with Gasteiger partial charge in [-0.05, 0) is 23.3 Å². The van der Waals surface area contributed by atoms with Crippen molar-refractivity contribution in [3.63, 3.8) is 0 Å². The molecule has 4 aromatic rings. The molecule has 3 heteroatoms. The Kier molecular flexibility index (Phi) is 3.90. The zero-order valence-corrected chi connectivity index (χ0v) is 13.2. The first-order chi connectivity index (χ1) is 11.9. The summed E-state index contributed by atoms with van der Waals surface area (Å²) in [5.41, 5.74) is 4.29. The Morgan fingerprint density at radius 3 is 2.21 bits per heavy atom. The lowest BCUT2D eigenvalue weighted by atomic mass is 10.0. The SMILES string of the molecule is C(=C\[C@H](c1ccccc1)n1nnc2ccccc21)/c1ccccc1. The fourth-order valence-corrected chi connectivity index (χ4v) is 2.84. The van der Waals surface area contributed by atoms with Gasteiger partial charge in [0.15, 0.2) is 0 Å². The van der Waals surface area contributed by atoms with Crippen molar-refractivity contribution >= 4 is 17.1 Å². The molecule has 0 saturated heterocycles. The molecule has 0 N–H and O–H groups in total. The Morgan fingerprint density at radius 1 is 0.750 bits per heavy atom. The number of allylic oxidation sites excluding steroid dienone is 1. The molecule has 24 heavy (non-hydrogen) atoms. The summed E-state index contributed by atoms with van der Waals surface area (Å²) < 4.78 is 1.98. The third-order valence-electron chi connectivity index (χ3n) is 4.05. The molecule has 0 aliphatic carbocycles. The summed E-state index contributed by atoms with van der Waals surface area (Å²) in [7, 11) is 0. The van der Waals surface area contributed by atoms with E-state index in [4.69, 9.17) is 0 Å². The number of benzene rings is 3. The van der Waals surface area contributed by atoms with E-state index in [1.165, 1.54) is 11.1 Å². The van der Waals surface area contributed by atoms with Crippen molar-refractivity contribution in [2.45, 2.75) is 6.04 Å². The van der Waals surface area contributed by atoms with Crippen LogP contribution in [0.2, 0.25) is 0 Å². The lowest BCUT2D eigenvalue weighted by Crippen LogP contribution is -2.10. The molecule has 3 nitrogen and oxygen atoms in total. The van der Waals surface area contributed by atoms with Crippen LogP contribution in [-0.4, -0.2) is 15.0 Å². The topological polar surface area (TPSA) is 30.7 Å². The predicted molar refractivity (Wildman–Crippen MR) is 97.6 cm³/mol. The van der Waals surface area contributed by atoms with Gasteiger partial charge in [-0.25, -0.2) is 4.68 Å². The van der Waals surface area contributed by atoms with Crippen molar-refractivity contribution in [2.75, 3.05) is 0 Å². The fourth-order valence-electron chi connectivity index (χ4n) is 2.84. The Labute approximate surface area is 140 Å². The summed E-state index contributed by atoms with van der Waals surface area (Å²) in [5, 5.41) is 8.70. The Bertz CT molecular complexity index is 956. The van der Waals surface area contributed by atoms with Crippen LogP contribution in [0.25, 0.3) is 17.1 Å². The molecule has 0 unspecified atom stereocenters. The van der Waals surface area contributed by atoms with E-state index in [0.29, 0.717) is 0 Å². The maximum absolute atomic E-state index is 4.40. The lowest BCUT2D eigenvalue weighted by Gasteiger charge is -2.14. The fraction of sp³-hybridized carbons (Fsp3) is 0.0476. The van der Waals surface area contributed by atoms with Gasteiger partial charge in [0.25, 0.3) is 0 Å². The van der Waals surface area contributed by atoms with Gasteiger partial charge < -0.3 is 0 Å². The van der Waals surface area contributed by atoms with Crippen LogP contribution in [0, 0.1) is 0 Å². The molecule has 0 aliphatic heterocycles. The van der Waals surface area contributed by atoms with Crippen molar-refractivity contribution in [3.05, 3.63) is 102 Å². The van der Waals surface area contributed by atoms with Crippen LogP contribution in [-0.2, 0) is 0 Å². The molecule has 0 bridgehead atoms. The number of rotatable bonds is 4. The molecule has 3 aromatic carbocycles. The minimum Gasteiger partial charge on any atom is -0.233 e. The quantitative estimate of drug-likeness (QED) is 0.545. The number of para-hydroxylation sites is 1. The predicted octanol–water partition coefficient (Wildman–Crippen LogP) is 4.73. The zero-order chi connectivity index (χ0) is 16.2. The van der Waals surface area contributed by atoms with Crippen LogP contribution in [0.5, 0.6) is 0 Å². The molecule has 1 heterocycles. The molecule has 0 radical (unpaired) electrons. The van der Waals surface area contributed by atoms with Crippen LogP contribution in [0.3, 0.4) is 0 Å². The van der Waals surface area contributed by atoms with E-state index in [9.17, 15) is 0 Å². The van der Waals surface area contributed by atoms with E-state index in [-0.39, 0.29) is 6.04 Å². The zero-order valence-electron chi connectivity index (χ0n) is 13.2. The van der Waals surface area contributed by atoms with Crippen LogP contribution in [0.4, 0.5) is 0 Å². The summed E-state index contributed by atoms with van der Waals surface area (Å²) in [6.07, 6.45) is 4.31. The van der Waals surface area contributed by atoms with Crippen LogP contribution in [0.1, 0.15) is 17.2 Å². The van der Waals surface area contributed by atoms with E-state index >= 15 is 0 Å². The highest BCUT2D eigenvalue weighted by Crippen LogP contribution is 2.24. The molecular formula is C21H17N3. The van der Waals surface area contributed by atoms with Crippen molar-refractivity contribution in [2.24, 2.45) is 0 Å². The van der Waals surface area contributed by atoms with E-state index in [0.717, 1.165) is 11.0 Å². The molecule has 0 fully saturated rings. The van der Waals surface area contributed by atoms with Crippen molar-refractivity contribution in [3.8, 4) is 0 Å². The van der Waals surface area contributed by atoms with Crippen LogP contribution >= 0.6 is 0 Å². The lowest BCUT2D eigenvalue weighted by molar-refractivity contribution is 0.605. The Hall–Kier alpha value is -3.20. The first kappa shape index (κ1) is 14.4. The third-order valence-corrected chi connectivity index (χ3v) is 4.05. The van der Waals surface area contributed by atoms with Gasteiger partial charge in [0, 0.05) is 0 Å². The minimum absolute atomic E-state index is 0.00111. The van der Waals surface area contributed by atoms with Gasteiger partial charge in [0.2, 0.25) is 0 Å². The monoisotopic (exact) mass is 311 g/mol. The van der Waals surface area contributed by atoms with Gasteiger partial charge in [0.1, 0.15) is 5.52 Å². The second-order valence-electron chi connectivity index (χ2n) is 5.65. The van der Waals surface area contributed by atoms with Crippen molar-refractivity contribution in [1.29, 1.82) is 0 Å². The van der Waals surface area contributed by atoms with Crippen LogP contribution in [0.15, 0.2) is 91.0 Å². The molecule has 0 saturated carbocycles. The number of hydrogen-bond acceptors (Lipinski definition) is 2. The highest BCUT2D eigenvalue weighted by atomic mass is 15.4. The first-order valence-corrected chi connectivity index (χ1v) is 8.00. The number of aromatic nitrogens is 3. The molecule has 0 aliphatic rings. The smallest absolute Gasteiger partial charge is 0.113 e. The standard InChI is InChI=1S/C21H17N3/c1-3-9-17(10-4-1)15-16-20(18-11-5-2-6-12-18)24-21-14-8-7-13-19(21)22-23-24/h1-16,20H/b16-15+/t20-/m1/s1. The molecule has 1 atom stereocenters. The highest BCUT2D eigenvalue weighted by Gasteiger charge is 2.14. The van der Waals surface area contributed by atoms with Crippen molar-refractivity contribution in [1.82, 2.24) is 15.0 Å². The second kappa shape index (κ2) is 6.50. The van der Waals surface area contributed by atoms with Gasteiger partial charge in [-0.15, -0.1) is 5.10 Å². The molecule has 4 rings (SSSR count). The van der Waals surface area contributed by atoms with E-state index < -0.39 is 0 Å². The third kappa shape index (κ3) is 2.84. The highest BCUT2D eigenvalue weighted by molar-refractivity contribution is 5.74. The summed E-state index contributed by atoms with van der Waals surface area (Å²) in [6, 6.07) is 28.7. The second-order valence-corrected chi connectivity index (χ2v) is 5.65. The summed E-state index contributed by atoms with van der Waals surface area (Å²) in [4.78, 5) is 0. The Morgan fingerprint density at radius 2 is 1.42 bits per heavy atom. The van der Waals surface area contributed by atoms with E-state index in [2.05, 4.69) is 64.9 Å². The van der Waals surface area contributed by atoms with Gasteiger partial charge in [-0.1, -0.05) is 90.2 Å². The summed E-state index contributed by atoms with van der Waals surface area (Å²) in [5.74, 6) is 0. The summed E-state index contributed by atoms with van der Waals surface area (Å²) in [6.45, 7) is 0. The number of hydrogen-bond donors (Lipinski definition) is 0. The molecule has 0 spiro atoms. The maximum atomic E-state index is 4.40. The number of nitrogens with zero attached hydrogens (tertiary/aromatic N) is 3. The van der Waals surface area contributed by atoms with Crippen LogP contribution < -0.4 is 0 Å². The van der Waals surface area contributed by atoms with Gasteiger partial charge in [-0.2, -0.15) is 0 Å². The maximum Gasteiger partial charge on any atom is 0.113 e. The molecule has 116 valence electrons. The normalized spacial score (nSPS) is 12.7.